The number of benzene rings is 1. The van der Waals surface area contributed by atoms with Gasteiger partial charge in [0.15, 0.2) is 5.96 Å². The van der Waals surface area contributed by atoms with Crippen molar-refractivity contribution in [1.82, 2.24) is 20.5 Å². The minimum atomic E-state index is 0.265. The molecular weight excluding hydrogens is 346 g/mol. The maximum Gasteiger partial charge on any atom is 0.222 e. The Bertz CT molecular complexity index is 768. The first kappa shape index (κ1) is 18.4. The van der Waals surface area contributed by atoms with E-state index in [0.717, 1.165) is 23.9 Å². The predicted molar refractivity (Wildman–Crippen MR) is 105 cm³/mol. The minimum absolute atomic E-state index is 0.265. The lowest BCUT2D eigenvalue weighted by molar-refractivity contribution is -0.128. The summed E-state index contributed by atoms with van der Waals surface area (Å²) in [5, 5.41) is 7.64. The molecule has 6 nitrogen and oxygen atoms in total. The standard InChI is InChI=1S/C19H25N5OS/c1-14-10-21-17(26-14)12-23-19(20-2)22-11-15-5-7-16(8-6-15)13-24-9-3-4-18(24)25/h5-8,10H,3-4,9,11-13H2,1-2H3,(H2,20,22,23). The highest BCUT2D eigenvalue weighted by molar-refractivity contribution is 7.11. The van der Waals surface area contributed by atoms with Gasteiger partial charge in [0.1, 0.15) is 5.01 Å². The summed E-state index contributed by atoms with van der Waals surface area (Å²) in [5.41, 5.74) is 2.35. The van der Waals surface area contributed by atoms with Gasteiger partial charge in [-0.15, -0.1) is 11.3 Å². The number of hydrogen-bond donors (Lipinski definition) is 2. The van der Waals surface area contributed by atoms with Crippen LogP contribution in [0.15, 0.2) is 35.5 Å². The lowest BCUT2D eigenvalue weighted by Gasteiger charge is -2.16. The number of aromatic nitrogens is 1. The summed E-state index contributed by atoms with van der Waals surface area (Å²) in [6.45, 7) is 5.00. The summed E-state index contributed by atoms with van der Waals surface area (Å²) >= 11 is 1.68. The van der Waals surface area contributed by atoms with E-state index in [4.69, 9.17) is 0 Å². The summed E-state index contributed by atoms with van der Waals surface area (Å²) < 4.78 is 0. The molecule has 0 bridgehead atoms. The molecule has 1 saturated heterocycles. The van der Waals surface area contributed by atoms with E-state index in [1.165, 1.54) is 16.0 Å². The first-order chi connectivity index (χ1) is 12.6. The van der Waals surface area contributed by atoms with Gasteiger partial charge in [-0.2, -0.15) is 0 Å². The third-order valence-corrected chi connectivity index (χ3v) is 5.24. The van der Waals surface area contributed by atoms with E-state index in [1.54, 1.807) is 18.4 Å². The Hall–Kier alpha value is -2.41. The number of nitrogens with one attached hydrogen (secondary N) is 2. The zero-order valence-electron chi connectivity index (χ0n) is 15.3. The normalized spacial score (nSPS) is 14.8. The third kappa shape index (κ3) is 5.05. The highest BCUT2D eigenvalue weighted by atomic mass is 32.1. The zero-order valence-corrected chi connectivity index (χ0v) is 16.1. The van der Waals surface area contributed by atoms with Crippen molar-refractivity contribution in [3.05, 3.63) is 51.5 Å². The molecule has 0 saturated carbocycles. The Labute approximate surface area is 158 Å². The van der Waals surface area contributed by atoms with Crippen LogP contribution in [0, 0.1) is 6.92 Å². The van der Waals surface area contributed by atoms with Crippen molar-refractivity contribution in [2.24, 2.45) is 4.99 Å². The predicted octanol–water partition coefficient (Wildman–Crippen LogP) is 2.44. The molecule has 7 heteroatoms. The molecule has 1 aliphatic heterocycles. The molecule has 2 N–H and O–H groups in total. The number of guanidine groups is 1. The Balaban J connectivity index is 1.46. The van der Waals surface area contributed by atoms with Crippen molar-refractivity contribution in [2.75, 3.05) is 13.6 Å². The molecule has 3 rings (SSSR count). The third-order valence-electron chi connectivity index (χ3n) is 4.33. The van der Waals surface area contributed by atoms with Gasteiger partial charge in [0.25, 0.3) is 0 Å². The van der Waals surface area contributed by atoms with Gasteiger partial charge in [-0.25, -0.2) is 4.98 Å². The number of likely N-dealkylation sites (tertiary alicyclic amines) is 1. The lowest BCUT2D eigenvalue weighted by atomic mass is 10.1. The van der Waals surface area contributed by atoms with Crippen LogP contribution >= 0.6 is 11.3 Å². The number of aryl methyl sites for hydroxylation is 1. The van der Waals surface area contributed by atoms with E-state index in [0.29, 0.717) is 26.1 Å². The quantitative estimate of drug-likeness (QED) is 0.604. The van der Waals surface area contributed by atoms with E-state index >= 15 is 0 Å². The number of amides is 1. The molecule has 0 aliphatic carbocycles. The fourth-order valence-corrected chi connectivity index (χ4v) is 3.63. The average molecular weight is 372 g/mol. The highest BCUT2D eigenvalue weighted by Gasteiger charge is 2.19. The van der Waals surface area contributed by atoms with Crippen LogP contribution in [-0.4, -0.2) is 35.3 Å². The van der Waals surface area contributed by atoms with E-state index in [9.17, 15) is 4.79 Å². The molecule has 0 atom stereocenters. The molecule has 138 valence electrons. The molecule has 1 aromatic carbocycles. The van der Waals surface area contributed by atoms with Gasteiger partial charge in [0.2, 0.25) is 5.91 Å². The van der Waals surface area contributed by atoms with E-state index in [1.807, 2.05) is 11.1 Å². The maximum absolute atomic E-state index is 11.7. The molecular formula is C19H25N5OS. The zero-order chi connectivity index (χ0) is 18.4. The Morgan fingerprint density at radius 2 is 1.96 bits per heavy atom. The second kappa shape index (κ2) is 8.80. The van der Waals surface area contributed by atoms with Gasteiger partial charge < -0.3 is 15.5 Å². The number of rotatable bonds is 6. The molecule has 0 unspecified atom stereocenters. The van der Waals surface area contributed by atoms with E-state index in [-0.39, 0.29) is 5.91 Å². The van der Waals surface area contributed by atoms with Crippen molar-refractivity contribution >= 4 is 23.2 Å². The highest BCUT2D eigenvalue weighted by Crippen LogP contribution is 2.15. The van der Waals surface area contributed by atoms with Gasteiger partial charge in [-0.05, 0) is 24.5 Å². The Morgan fingerprint density at radius 1 is 1.23 bits per heavy atom. The molecule has 1 amide bonds. The number of carbonyl (C=O) groups is 1. The van der Waals surface area contributed by atoms with E-state index < -0.39 is 0 Å². The second-order valence-electron chi connectivity index (χ2n) is 6.38. The van der Waals surface area contributed by atoms with Crippen LogP contribution in [0.1, 0.15) is 33.9 Å². The number of aliphatic imine (C=N–C) groups is 1. The second-order valence-corrected chi connectivity index (χ2v) is 7.70. The Kier molecular flexibility index (Phi) is 6.22. The topological polar surface area (TPSA) is 69.6 Å². The van der Waals surface area contributed by atoms with Gasteiger partial charge in [0, 0.05) is 44.2 Å². The van der Waals surface area contributed by atoms with Crippen molar-refractivity contribution < 1.29 is 4.79 Å². The monoisotopic (exact) mass is 371 g/mol. The van der Waals surface area contributed by atoms with Gasteiger partial charge in [-0.1, -0.05) is 24.3 Å². The summed E-state index contributed by atoms with van der Waals surface area (Å²) in [5.74, 6) is 1.02. The summed E-state index contributed by atoms with van der Waals surface area (Å²) in [6.07, 6.45) is 3.55. The van der Waals surface area contributed by atoms with Crippen LogP contribution in [0.4, 0.5) is 0 Å². The summed E-state index contributed by atoms with van der Waals surface area (Å²) in [6, 6.07) is 8.38. The van der Waals surface area contributed by atoms with Crippen molar-refractivity contribution in [3.63, 3.8) is 0 Å². The molecule has 0 radical (unpaired) electrons. The van der Waals surface area contributed by atoms with Gasteiger partial charge >= 0.3 is 0 Å². The molecule has 2 aromatic rings. The van der Waals surface area contributed by atoms with Gasteiger partial charge in [-0.3, -0.25) is 9.79 Å². The summed E-state index contributed by atoms with van der Waals surface area (Å²) in [4.78, 5) is 23.4. The maximum atomic E-state index is 11.7. The van der Waals surface area contributed by atoms with Crippen LogP contribution < -0.4 is 10.6 Å². The number of hydrogen-bond acceptors (Lipinski definition) is 4. The van der Waals surface area contributed by atoms with Gasteiger partial charge in [0.05, 0.1) is 6.54 Å². The first-order valence-corrected chi connectivity index (χ1v) is 9.67. The molecule has 1 aliphatic rings. The fraction of sp³-hybridized carbons (Fsp3) is 0.421. The average Bonchev–Trinajstić information content (AvgIpc) is 3.25. The minimum Gasteiger partial charge on any atom is -0.352 e. The van der Waals surface area contributed by atoms with Crippen LogP contribution in [-0.2, 0) is 24.4 Å². The number of thiazole rings is 1. The first-order valence-electron chi connectivity index (χ1n) is 8.85. The molecule has 1 fully saturated rings. The van der Waals surface area contributed by atoms with Crippen molar-refractivity contribution in [2.45, 2.75) is 39.4 Å². The summed E-state index contributed by atoms with van der Waals surface area (Å²) in [7, 11) is 1.76. The van der Waals surface area contributed by atoms with Crippen LogP contribution in [0.3, 0.4) is 0 Å². The van der Waals surface area contributed by atoms with Crippen molar-refractivity contribution in [1.29, 1.82) is 0 Å². The fourth-order valence-electron chi connectivity index (χ4n) is 2.90. The molecule has 26 heavy (non-hydrogen) atoms. The van der Waals surface area contributed by atoms with Crippen LogP contribution in [0.5, 0.6) is 0 Å². The molecule has 0 spiro atoms. The molecule has 1 aromatic heterocycles. The number of carbonyl (C=O) groups excluding carboxylic acids is 1. The lowest BCUT2D eigenvalue weighted by Crippen LogP contribution is -2.36. The smallest absolute Gasteiger partial charge is 0.222 e. The largest absolute Gasteiger partial charge is 0.352 e. The Morgan fingerprint density at radius 3 is 2.58 bits per heavy atom. The van der Waals surface area contributed by atoms with E-state index in [2.05, 4.69) is 51.8 Å². The van der Waals surface area contributed by atoms with Crippen molar-refractivity contribution in [3.8, 4) is 0 Å². The molecule has 2 heterocycles. The number of nitrogens with zero attached hydrogens (tertiary/aromatic N) is 3. The van der Waals surface area contributed by atoms with Crippen LogP contribution in [0.2, 0.25) is 0 Å². The SMILES string of the molecule is CN=C(NCc1ccc(CN2CCCC2=O)cc1)NCc1ncc(C)s1. The van der Waals surface area contributed by atoms with Crippen LogP contribution in [0.25, 0.3) is 0 Å².